The molecule has 2 aromatic heterocycles. The van der Waals surface area contributed by atoms with Crippen molar-refractivity contribution >= 4 is 38.5 Å². The number of aromatic nitrogens is 3. The Hall–Kier alpha value is -4.46. The molecule has 3 fully saturated rings. The molecule has 5 atom stereocenters. The second kappa shape index (κ2) is 12.5. The quantitative estimate of drug-likeness (QED) is 0.359. The highest BCUT2D eigenvalue weighted by Gasteiger charge is 2.62. The van der Waals surface area contributed by atoms with Crippen molar-refractivity contribution in [2.75, 3.05) is 20.7 Å². The number of carbonyl (C=O) groups is 3. The van der Waals surface area contributed by atoms with E-state index in [0.717, 1.165) is 30.0 Å². The van der Waals surface area contributed by atoms with E-state index in [2.05, 4.69) is 15.1 Å². The van der Waals surface area contributed by atoms with Gasteiger partial charge in [-0.1, -0.05) is 12.2 Å². The molecule has 0 saturated heterocycles. The van der Waals surface area contributed by atoms with E-state index in [9.17, 15) is 22.8 Å². The number of pyridine rings is 1. The Morgan fingerprint density at radius 1 is 1.12 bits per heavy atom. The highest BCUT2D eigenvalue weighted by Crippen LogP contribution is 2.47. The molecular weight excluding hydrogens is 636 g/mol. The minimum Gasteiger partial charge on any atom is -0.497 e. The largest absolute Gasteiger partial charge is 0.497 e. The third-order valence-corrected chi connectivity index (χ3v) is 11.8. The summed E-state index contributed by atoms with van der Waals surface area (Å²) in [5.41, 5.74) is -1.40. The number of hydrogen-bond acceptors (Lipinski definition) is 9. The number of benzene rings is 1. The van der Waals surface area contributed by atoms with E-state index in [4.69, 9.17) is 14.5 Å². The molecule has 1 aliphatic heterocycles. The minimum absolute atomic E-state index is 0.163. The van der Waals surface area contributed by atoms with Crippen LogP contribution < -0.4 is 19.5 Å². The van der Waals surface area contributed by atoms with Crippen molar-refractivity contribution in [2.24, 2.45) is 17.8 Å². The maximum absolute atomic E-state index is 14.1. The maximum Gasteiger partial charge on any atom is 0.259 e. The second-order valence-corrected chi connectivity index (χ2v) is 15.3. The molecule has 3 heterocycles. The SMILES string of the molecule is COc1ccc2c(OC3CC4C(=O)NC5(C(=O)NS(=O)(=O)C6CC6)CC5/C=C\CCCCN(C)C(=O)C4C3)nc(-n3cccn3)cc2c1. The fraction of sp³-hybridized carbons (Fsp3) is 0.500. The second-order valence-electron chi connectivity index (χ2n) is 13.4. The zero-order chi connectivity index (χ0) is 33.6. The first-order valence-corrected chi connectivity index (χ1v) is 18.1. The van der Waals surface area contributed by atoms with Gasteiger partial charge in [-0.2, -0.15) is 10.1 Å². The summed E-state index contributed by atoms with van der Waals surface area (Å²) in [5, 5.41) is 8.22. The normalized spacial score (nSPS) is 28.5. The molecule has 7 rings (SSSR count). The van der Waals surface area contributed by atoms with E-state index in [1.165, 1.54) is 0 Å². The highest BCUT2D eigenvalue weighted by atomic mass is 32.2. The summed E-state index contributed by atoms with van der Waals surface area (Å²) in [6.45, 7) is 0.553. The number of allylic oxidation sites excluding steroid dienone is 1. The summed E-state index contributed by atoms with van der Waals surface area (Å²) in [7, 11) is -0.480. The van der Waals surface area contributed by atoms with Crippen molar-refractivity contribution in [3.63, 3.8) is 0 Å². The Labute approximate surface area is 279 Å². The lowest BCUT2D eigenvalue weighted by atomic mass is 9.93. The highest BCUT2D eigenvalue weighted by molar-refractivity contribution is 7.91. The zero-order valence-corrected chi connectivity index (χ0v) is 27.8. The summed E-state index contributed by atoms with van der Waals surface area (Å²) >= 11 is 0. The summed E-state index contributed by atoms with van der Waals surface area (Å²) in [4.78, 5) is 48.0. The molecule has 3 aliphatic carbocycles. The molecular formula is C34H40N6O7S. The van der Waals surface area contributed by atoms with Gasteiger partial charge in [0, 0.05) is 37.3 Å². The minimum atomic E-state index is -3.82. The number of ether oxygens (including phenoxy) is 2. The molecule has 14 heteroatoms. The molecule has 254 valence electrons. The summed E-state index contributed by atoms with van der Waals surface area (Å²) in [6.07, 6.45) is 10.9. The van der Waals surface area contributed by atoms with Crippen LogP contribution in [0.1, 0.15) is 51.4 Å². The van der Waals surface area contributed by atoms with Crippen LogP contribution in [0.4, 0.5) is 0 Å². The van der Waals surface area contributed by atoms with Gasteiger partial charge >= 0.3 is 0 Å². The van der Waals surface area contributed by atoms with Crippen LogP contribution in [0, 0.1) is 17.8 Å². The van der Waals surface area contributed by atoms with Gasteiger partial charge in [0.25, 0.3) is 5.91 Å². The van der Waals surface area contributed by atoms with Crippen LogP contribution in [0.3, 0.4) is 0 Å². The number of sulfonamides is 1. The van der Waals surface area contributed by atoms with E-state index in [0.29, 0.717) is 36.8 Å². The molecule has 0 radical (unpaired) electrons. The lowest BCUT2D eigenvalue weighted by Gasteiger charge is -2.26. The number of amides is 3. The topological polar surface area (TPSA) is 162 Å². The van der Waals surface area contributed by atoms with Crippen molar-refractivity contribution < 1.29 is 32.3 Å². The van der Waals surface area contributed by atoms with Crippen LogP contribution in [0.2, 0.25) is 0 Å². The zero-order valence-electron chi connectivity index (χ0n) is 27.0. The Morgan fingerprint density at radius 2 is 1.94 bits per heavy atom. The van der Waals surface area contributed by atoms with Gasteiger partial charge in [0.15, 0.2) is 5.82 Å². The fourth-order valence-electron chi connectivity index (χ4n) is 6.98. The third-order valence-electron chi connectivity index (χ3n) is 10.0. The van der Waals surface area contributed by atoms with Crippen LogP contribution in [0.25, 0.3) is 16.6 Å². The summed E-state index contributed by atoms with van der Waals surface area (Å²) < 4.78 is 41.3. The lowest BCUT2D eigenvalue weighted by Crippen LogP contribution is -2.54. The Bertz CT molecular complexity index is 1880. The summed E-state index contributed by atoms with van der Waals surface area (Å²) in [5.74, 6) is -1.67. The molecule has 5 unspecified atom stereocenters. The first-order valence-electron chi connectivity index (χ1n) is 16.5. The number of fused-ring (bicyclic) bond motifs is 3. The molecule has 13 nitrogen and oxygen atoms in total. The van der Waals surface area contributed by atoms with E-state index in [1.54, 1.807) is 42.2 Å². The van der Waals surface area contributed by atoms with Crippen molar-refractivity contribution in [2.45, 2.75) is 68.3 Å². The number of nitrogens with zero attached hydrogens (tertiary/aromatic N) is 4. The first-order chi connectivity index (χ1) is 23.1. The van der Waals surface area contributed by atoms with Gasteiger partial charge < -0.3 is 19.7 Å². The Morgan fingerprint density at radius 3 is 2.69 bits per heavy atom. The number of hydrogen-bond donors (Lipinski definition) is 2. The van der Waals surface area contributed by atoms with Crippen molar-refractivity contribution in [1.82, 2.24) is 29.7 Å². The van der Waals surface area contributed by atoms with Crippen LogP contribution in [-0.4, -0.2) is 83.4 Å². The molecule has 3 aromatic rings. The van der Waals surface area contributed by atoms with Crippen molar-refractivity contribution in [3.05, 3.63) is 54.9 Å². The van der Waals surface area contributed by atoms with E-state index in [-0.39, 0.29) is 31.1 Å². The van der Waals surface area contributed by atoms with Gasteiger partial charge in [-0.15, -0.1) is 0 Å². The van der Waals surface area contributed by atoms with E-state index >= 15 is 0 Å². The average Bonchev–Trinajstić information content (AvgIpc) is 3.93. The van der Waals surface area contributed by atoms with Crippen LogP contribution in [0.15, 0.2) is 54.9 Å². The molecule has 0 spiro atoms. The maximum atomic E-state index is 14.1. The average molecular weight is 677 g/mol. The predicted octanol–water partition coefficient (Wildman–Crippen LogP) is 2.88. The smallest absolute Gasteiger partial charge is 0.259 e. The van der Waals surface area contributed by atoms with Gasteiger partial charge in [-0.05, 0) is 87.1 Å². The molecule has 3 saturated carbocycles. The molecule has 3 amide bonds. The van der Waals surface area contributed by atoms with Crippen LogP contribution in [-0.2, 0) is 24.4 Å². The molecule has 48 heavy (non-hydrogen) atoms. The molecule has 4 aliphatic rings. The number of carbonyl (C=O) groups excluding carboxylic acids is 3. The number of rotatable bonds is 7. The van der Waals surface area contributed by atoms with Gasteiger partial charge in [-0.3, -0.25) is 19.1 Å². The molecule has 1 aromatic carbocycles. The van der Waals surface area contributed by atoms with Gasteiger partial charge in [0.05, 0.1) is 24.2 Å². The predicted molar refractivity (Wildman–Crippen MR) is 176 cm³/mol. The lowest BCUT2D eigenvalue weighted by molar-refractivity contribution is -0.140. The van der Waals surface area contributed by atoms with Crippen LogP contribution >= 0.6 is 0 Å². The standard InChI is InChI=1S/C34H40N6O7S/c1-39-14-6-4-3-5-8-22-20-34(22,33(43)38-48(44,45)25-10-11-25)37-30(41)27-18-24(19-28(27)32(39)42)47-31-26-12-9-23(46-2)16-21(26)17-29(36-31)40-15-7-13-35-40/h5,7-9,12-13,15-17,22,24-25,27-28H,3-4,6,10-11,14,18-20H2,1-2H3,(H,37,41)(H,38,43)/b8-5-. The Balaban J connectivity index is 1.19. The first kappa shape index (κ1) is 32.1. The van der Waals surface area contributed by atoms with Crippen molar-refractivity contribution in [1.29, 1.82) is 0 Å². The van der Waals surface area contributed by atoms with Crippen molar-refractivity contribution in [3.8, 4) is 17.4 Å². The fourth-order valence-corrected chi connectivity index (χ4v) is 8.34. The van der Waals surface area contributed by atoms with Gasteiger partial charge in [0.1, 0.15) is 17.4 Å². The Kier molecular flexibility index (Phi) is 8.38. The molecule has 2 N–H and O–H groups in total. The summed E-state index contributed by atoms with van der Waals surface area (Å²) in [6, 6.07) is 9.23. The van der Waals surface area contributed by atoms with E-state index in [1.807, 2.05) is 36.4 Å². The molecule has 0 bridgehead atoms. The van der Waals surface area contributed by atoms with Gasteiger partial charge in [0.2, 0.25) is 27.7 Å². The monoisotopic (exact) mass is 676 g/mol. The number of nitrogens with one attached hydrogen (secondary N) is 2. The van der Waals surface area contributed by atoms with Gasteiger partial charge in [-0.25, -0.2) is 13.1 Å². The number of methoxy groups -OCH3 is 1. The third kappa shape index (κ3) is 6.25. The van der Waals surface area contributed by atoms with Crippen LogP contribution in [0.5, 0.6) is 11.6 Å². The van der Waals surface area contributed by atoms with E-state index < -0.39 is 50.6 Å².